The molecule has 0 atom stereocenters. The molecule has 0 aromatic heterocycles. The lowest BCUT2D eigenvalue weighted by Crippen LogP contribution is -2.30. The van der Waals surface area contributed by atoms with Crippen LogP contribution in [-0.2, 0) is 9.59 Å². The Morgan fingerprint density at radius 1 is 1.08 bits per heavy atom. The number of non-ortho nitro benzene ring substituents is 1. The molecule has 11 nitrogen and oxygen atoms in total. The number of nitrogens with zero attached hydrogens (tertiary/aromatic N) is 3. The van der Waals surface area contributed by atoms with E-state index in [-0.39, 0.29) is 18.0 Å². The lowest BCUT2D eigenvalue weighted by Gasteiger charge is -2.14. The van der Waals surface area contributed by atoms with Gasteiger partial charge in [0.05, 0.1) is 20.8 Å². The molecule has 1 fully saturated rings. The number of nitrogens with one attached hydrogen (secondary N) is 2. The summed E-state index contributed by atoms with van der Waals surface area (Å²) in [5.74, 6) is -0.564. The molecule has 0 saturated carbocycles. The van der Waals surface area contributed by atoms with Crippen LogP contribution in [0.1, 0.15) is 31.2 Å². The molecule has 188 valence electrons. The van der Waals surface area contributed by atoms with E-state index in [1.165, 1.54) is 16.7 Å². The minimum absolute atomic E-state index is 0.0695. The van der Waals surface area contributed by atoms with E-state index in [1.54, 1.807) is 18.2 Å². The van der Waals surface area contributed by atoms with E-state index in [0.717, 1.165) is 23.8 Å². The van der Waals surface area contributed by atoms with Gasteiger partial charge in [-0.05, 0) is 42.7 Å². The van der Waals surface area contributed by atoms with Gasteiger partial charge in [-0.15, -0.1) is 0 Å². The molecular weight excluding hydrogens is 530 g/mol. The summed E-state index contributed by atoms with van der Waals surface area (Å²) in [7, 11) is 0. The van der Waals surface area contributed by atoms with E-state index in [4.69, 9.17) is 23.8 Å². The number of thioether (sulfide) groups is 1. The predicted octanol–water partition coefficient (Wildman–Crippen LogP) is 5.06. The third-order valence-corrected chi connectivity index (χ3v) is 6.68. The number of amides is 2. The number of unbranched alkanes of at least 4 members (excludes halogenated alkanes) is 2. The van der Waals surface area contributed by atoms with Crippen LogP contribution in [-0.4, -0.2) is 37.4 Å². The highest BCUT2D eigenvalue weighted by Crippen LogP contribution is 2.33. The van der Waals surface area contributed by atoms with Crippen molar-refractivity contribution in [3.8, 4) is 0 Å². The standard InChI is InChI=1S/C22H20ClN5O6S2/c23-15-7-5-14(6-8-15)12-19-21(30)26(22(35)36-19)11-3-1-2-4-20(29)25-24-17-10-9-16(27(31)32)13-18(17)28(33)34/h5-10,12-13,24H,1-4,11H2,(H,25,29). The zero-order chi connectivity index (χ0) is 26.2. The van der Waals surface area contributed by atoms with Crippen molar-refractivity contribution in [2.45, 2.75) is 25.7 Å². The summed E-state index contributed by atoms with van der Waals surface area (Å²) in [5.41, 5.74) is 4.61. The van der Waals surface area contributed by atoms with Gasteiger partial charge < -0.3 is 0 Å². The molecule has 2 amide bonds. The normalized spacial score (nSPS) is 14.2. The third-order valence-electron chi connectivity index (χ3n) is 5.05. The Morgan fingerprint density at radius 3 is 2.47 bits per heavy atom. The summed E-state index contributed by atoms with van der Waals surface area (Å²) >= 11 is 12.5. The largest absolute Gasteiger partial charge is 0.300 e. The van der Waals surface area contributed by atoms with Crippen molar-refractivity contribution in [2.75, 3.05) is 12.0 Å². The minimum atomic E-state index is -0.778. The first-order valence-corrected chi connectivity index (χ1v) is 12.2. The number of hydrogen-bond acceptors (Lipinski definition) is 9. The Hall–Kier alpha value is -3.55. The van der Waals surface area contributed by atoms with Gasteiger partial charge in [-0.2, -0.15) is 0 Å². The summed E-state index contributed by atoms with van der Waals surface area (Å²) < 4.78 is 0.479. The number of thiocarbonyl (C=S) groups is 1. The molecule has 36 heavy (non-hydrogen) atoms. The molecule has 0 bridgehead atoms. The fourth-order valence-electron chi connectivity index (χ4n) is 3.23. The maximum absolute atomic E-state index is 12.7. The molecule has 1 heterocycles. The molecule has 1 saturated heterocycles. The van der Waals surface area contributed by atoms with Gasteiger partial charge in [-0.25, -0.2) is 0 Å². The second kappa shape index (κ2) is 12.4. The van der Waals surface area contributed by atoms with Gasteiger partial charge in [0, 0.05) is 24.1 Å². The van der Waals surface area contributed by atoms with Crippen molar-refractivity contribution in [3.05, 3.63) is 78.2 Å². The number of carbonyl (C=O) groups is 2. The van der Waals surface area contributed by atoms with Crippen molar-refractivity contribution in [3.63, 3.8) is 0 Å². The van der Waals surface area contributed by atoms with Crippen molar-refractivity contribution in [1.29, 1.82) is 0 Å². The summed E-state index contributed by atoms with van der Waals surface area (Å²) in [6.07, 6.45) is 3.71. The quantitative estimate of drug-likeness (QED) is 0.129. The molecule has 0 radical (unpaired) electrons. The average Bonchev–Trinajstić information content (AvgIpc) is 3.10. The van der Waals surface area contributed by atoms with Gasteiger partial charge in [0.15, 0.2) is 0 Å². The number of benzene rings is 2. The Bertz CT molecular complexity index is 1240. The molecule has 3 rings (SSSR count). The highest BCUT2D eigenvalue weighted by molar-refractivity contribution is 8.26. The van der Waals surface area contributed by atoms with E-state index in [1.807, 2.05) is 12.1 Å². The summed E-state index contributed by atoms with van der Waals surface area (Å²) in [4.78, 5) is 47.3. The van der Waals surface area contributed by atoms with E-state index in [2.05, 4.69) is 10.9 Å². The van der Waals surface area contributed by atoms with Gasteiger partial charge in [0.25, 0.3) is 11.6 Å². The SMILES string of the molecule is O=C(CCCCCN1C(=O)C(=Cc2ccc(Cl)cc2)SC1=S)NNc1ccc([N+](=O)[O-])cc1[N+](=O)[O-]. The first kappa shape index (κ1) is 27.0. The number of rotatable bonds is 11. The maximum Gasteiger partial charge on any atom is 0.300 e. The summed E-state index contributed by atoms with van der Waals surface area (Å²) in [6, 6.07) is 10.2. The number of nitro groups is 2. The van der Waals surface area contributed by atoms with E-state index >= 15 is 0 Å². The Labute approximate surface area is 220 Å². The Kier molecular flexibility index (Phi) is 9.33. The van der Waals surface area contributed by atoms with Gasteiger partial charge in [-0.1, -0.05) is 54.1 Å². The lowest BCUT2D eigenvalue weighted by atomic mass is 10.2. The number of halogens is 1. The van der Waals surface area contributed by atoms with E-state index in [0.29, 0.717) is 40.1 Å². The van der Waals surface area contributed by atoms with Crippen LogP contribution < -0.4 is 10.9 Å². The third kappa shape index (κ3) is 7.23. The highest BCUT2D eigenvalue weighted by atomic mass is 35.5. The average molecular weight is 550 g/mol. The molecule has 0 unspecified atom stereocenters. The fraction of sp³-hybridized carbons (Fsp3) is 0.227. The first-order chi connectivity index (χ1) is 17.2. The van der Waals surface area contributed by atoms with Crippen LogP contribution in [0.15, 0.2) is 47.4 Å². The molecule has 2 N–H and O–H groups in total. The lowest BCUT2D eigenvalue weighted by molar-refractivity contribution is -0.393. The van der Waals surface area contributed by atoms with E-state index < -0.39 is 27.1 Å². The molecule has 1 aliphatic rings. The second-order valence-corrected chi connectivity index (χ2v) is 9.70. The Balaban J connectivity index is 1.41. The highest BCUT2D eigenvalue weighted by Gasteiger charge is 2.31. The zero-order valence-electron chi connectivity index (χ0n) is 18.6. The Morgan fingerprint density at radius 2 is 1.81 bits per heavy atom. The number of nitro benzene ring substituents is 2. The molecule has 0 aliphatic carbocycles. The molecule has 1 aliphatic heterocycles. The molecule has 0 spiro atoms. The topological polar surface area (TPSA) is 148 Å². The van der Waals surface area contributed by atoms with Crippen LogP contribution in [0.4, 0.5) is 17.1 Å². The first-order valence-electron chi connectivity index (χ1n) is 10.6. The minimum Gasteiger partial charge on any atom is -0.293 e. The van der Waals surface area contributed by atoms with Gasteiger partial charge >= 0.3 is 5.69 Å². The number of hydrogen-bond donors (Lipinski definition) is 2. The van der Waals surface area contributed by atoms with Crippen LogP contribution in [0.25, 0.3) is 6.08 Å². The van der Waals surface area contributed by atoms with Crippen LogP contribution in [0.2, 0.25) is 5.02 Å². The fourth-order valence-corrected chi connectivity index (χ4v) is 4.66. The number of hydrazine groups is 1. The van der Waals surface area contributed by atoms with Crippen LogP contribution >= 0.6 is 35.6 Å². The number of anilines is 1. The molecular formula is C22H20ClN5O6S2. The smallest absolute Gasteiger partial charge is 0.293 e. The van der Waals surface area contributed by atoms with Crippen LogP contribution in [0.3, 0.4) is 0 Å². The number of carbonyl (C=O) groups excluding carboxylic acids is 2. The van der Waals surface area contributed by atoms with Crippen molar-refractivity contribution in [1.82, 2.24) is 10.3 Å². The summed E-state index contributed by atoms with van der Waals surface area (Å²) in [5, 5.41) is 22.6. The van der Waals surface area contributed by atoms with Crippen molar-refractivity contribution >= 4 is 74.9 Å². The van der Waals surface area contributed by atoms with Gasteiger partial charge in [0.1, 0.15) is 10.0 Å². The van der Waals surface area contributed by atoms with Crippen LogP contribution in [0, 0.1) is 20.2 Å². The van der Waals surface area contributed by atoms with Gasteiger partial charge in [0.2, 0.25) is 5.91 Å². The van der Waals surface area contributed by atoms with Crippen molar-refractivity contribution in [2.24, 2.45) is 0 Å². The van der Waals surface area contributed by atoms with Crippen LogP contribution in [0.5, 0.6) is 0 Å². The molecule has 2 aromatic carbocycles. The second-order valence-electron chi connectivity index (χ2n) is 7.58. The maximum atomic E-state index is 12.7. The zero-order valence-corrected chi connectivity index (χ0v) is 21.0. The van der Waals surface area contributed by atoms with E-state index in [9.17, 15) is 29.8 Å². The molecule has 2 aromatic rings. The van der Waals surface area contributed by atoms with Gasteiger partial charge in [-0.3, -0.25) is 45.6 Å². The monoisotopic (exact) mass is 549 g/mol. The predicted molar refractivity (Wildman–Crippen MR) is 141 cm³/mol. The summed E-state index contributed by atoms with van der Waals surface area (Å²) in [6.45, 7) is 0.428. The van der Waals surface area contributed by atoms with Crippen molar-refractivity contribution < 1.29 is 19.4 Å². The molecule has 14 heteroatoms.